The van der Waals surface area contributed by atoms with E-state index in [0.29, 0.717) is 35.3 Å². The van der Waals surface area contributed by atoms with Gasteiger partial charge in [-0.15, -0.1) is 11.3 Å². The van der Waals surface area contributed by atoms with Crippen LogP contribution in [0.2, 0.25) is 0 Å². The zero-order chi connectivity index (χ0) is 24.9. The first-order valence-electron chi connectivity index (χ1n) is 11.0. The highest BCUT2D eigenvalue weighted by Crippen LogP contribution is 2.26. The van der Waals surface area contributed by atoms with Crippen LogP contribution in [-0.4, -0.2) is 28.2 Å². The van der Waals surface area contributed by atoms with E-state index in [4.69, 9.17) is 5.73 Å². The van der Waals surface area contributed by atoms with E-state index in [0.717, 1.165) is 16.7 Å². The lowest BCUT2D eigenvalue weighted by molar-refractivity contribution is -0.116. The molecule has 10 nitrogen and oxygen atoms in total. The Morgan fingerprint density at radius 3 is 2.74 bits per heavy atom. The topological polar surface area (TPSA) is 155 Å². The van der Waals surface area contributed by atoms with E-state index in [1.165, 1.54) is 18.3 Å². The van der Waals surface area contributed by atoms with Gasteiger partial charge in [0, 0.05) is 26.1 Å². The first-order chi connectivity index (χ1) is 16.7. The fourth-order valence-electron chi connectivity index (χ4n) is 4.40. The molecule has 0 saturated carbocycles. The first kappa shape index (κ1) is 22.7. The van der Waals surface area contributed by atoms with Crippen molar-refractivity contribution < 1.29 is 9.59 Å². The van der Waals surface area contributed by atoms with Crippen LogP contribution in [0.25, 0.3) is 10.2 Å². The van der Waals surface area contributed by atoms with E-state index in [-0.39, 0.29) is 35.9 Å². The molecule has 0 aliphatic carbocycles. The van der Waals surface area contributed by atoms with Gasteiger partial charge in [0.05, 0.1) is 5.39 Å². The van der Waals surface area contributed by atoms with Crippen LogP contribution in [0, 0.1) is 0 Å². The average molecular weight is 492 g/mol. The summed E-state index contributed by atoms with van der Waals surface area (Å²) in [6, 6.07) is 5.83. The quantitative estimate of drug-likeness (QED) is 0.334. The predicted molar refractivity (Wildman–Crippen MR) is 133 cm³/mol. The maximum atomic E-state index is 12.7. The van der Waals surface area contributed by atoms with Crippen LogP contribution in [-0.2, 0) is 30.7 Å². The Bertz CT molecular complexity index is 1640. The number of anilines is 2. The molecule has 0 atom stereocenters. The third-order valence-corrected chi connectivity index (χ3v) is 7.07. The Hall–Kier alpha value is -4.12. The number of hydrogen-bond donors (Lipinski definition) is 3. The molecule has 0 fully saturated rings. The molecule has 0 saturated heterocycles. The zero-order valence-electron chi connectivity index (χ0n) is 18.8. The number of Topliss-reactive ketones (excluding diaryl/α,β-unsaturated/α-hetero) is 1. The van der Waals surface area contributed by atoms with Crippen molar-refractivity contribution in [2.45, 2.75) is 32.9 Å². The Morgan fingerprint density at radius 1 is 1.20 bits per heavy atom. The summed E-state index contributed by atoms with van der Waals surface area (Å²) in [5, 5.41) is 4.81. The van der Waals surface area contributed by atoms with Crippen LogP contribution in [0.5, 0.6) is 0 Å². The van der Waals surface area contributed by atoms with Crippen molar-refractivity contribution in [3.8, 4) is 0 Å². The molecule has 4 N–H and O–H groups in total. The summed E-state index contributed by atoms with van der Waals surface area (Å²) in [6.07, 6.45) is 0.845. The maximum Gasteiger partial charge on any atom is 0.287 e. The number of aromatic nitrogens is 2. The molecular weight excluding hydrogens is 470 g/mol. The minimum Gasteiger partial charge on any atom is -0.394 e. The molecule has 5 rings (SSSR count). The van der Waals surface area contributed by atoms with Crippen LogP contribution in [0.15, 0.2) is 38.0 Å². The number of carbonyl (C=O) groups excluding carboxylic acids is 2. The van der Waals surface area contributed by atoms with Gasteiger partial charge in [0.25, 0.3) is 22.3 Å². The second kappa shape index (κ2) is 8.58. The highest BCUT2D eigenvalue weighted by atomic mass is 32.1. The number of ketones is 1. The van der Waals surface area contributed by atoms with Gasteiger partial charge < -0.3 is 20.9 Å². The lowest BCUT2D eigenvalue weighted by Gasteiger charge is -2.32. The van der Waals surface area contributed by atoms with Gasteiger partial charge in [-0.05, 0) is 41.0 Å². The van der Waals surface area contributed by atoms with E-state index in [2.05, 4.69) is 15.3 Å². The van der Waals surface area contributed by atoms with Gasteiger partial charge >= 0.3 is 0 Å². The summed E-state index contributed by atoms with van der Waals surface area (Å²) in [5.41, 5.74) is 7.93. The number of fused-ring (bicyclic) bond motifs is 2. The molecule has 178 valence electrons. The van der Waals surface area contributed by atoms with Crippen LogP contribution in [0.3, 0.4) is 0 Å². The van der Waals surface area contributed by atoms with Crippen molar-refractivity contribution in [1.29, 1.82) is 0 Å². The number of thiophene rings is 1. The van der Waals surface area contributed by atoms with E-state index in [1.54, 1.807) is 5.38 Å². The van der Waals surface area contributed by atoms with E-state index in [9.17, 15) is 24.0 Å². The number of H-pyrrole nitrogens is 1. The number of carbonyl (C=O) groups is 2. The molecule has 0 spiro atoms. The Balaban J connectivity index is 1.30. The Labute approximate surface area is 202 Å². The molecule has 0 unspecified atom stereocenters. The monoisotopic (exact) mass is 491 g/mol. The highest BCUT2D eigenvalue weighted by molar-refractivity contribution is 7.16. The summed E-state index contributed by atoms with van der Waals surface area (Å²) in [5.74, 6) is -0.688. The third kappa shape index (κ3) is 4.03. The molecule has 3 heterocycles. The second-order valence-corrected chi connectivity index (χ2v) is 9.47. The van der Waals surface area contributed by atoms with E-state index < -0.39 is 22.3 Å². The van der Waals surface area contributed by atoms with Gasteiger partial charge in [-0.2, -0.15) is 0 Å². The smallest absolute Gasteiger partial charge is 0.287 e. The summed E-state index contributed by atoms with van der Waals surface area (Å²) in [4.78, 5) is 69.0. The Morgan fingerprint density at radius 2 is 2.00 bits per heavy atom. The molecule has 1 aliphatic rings. The van der Waals surface area contributed by atoms with Crippen molar-refractivity contribution in [3.63, 3.8) is 0 Å². The van der Waals surface area contributed by atoms with Crippen LogP contribution >= 0.6 is 11.3 Å². The number of nitrogens with two attached hydrogens (primary N) is 1. The van der Waals surface area contributed by atoms with Crippen molar-refractivity contribution in [1.82, 2.24) is 15.3 Å². The van der Waals surface area contributed by atoms with Crippen molar-refractivity contribution in [2.75, 3.05) is 17.2 Å². The SMILES string of the molecule is CC(=O)Cc1csc2nc(C(=O)NCc3ccc4c(c3)CN(c3c(N)c(=O)c3=O)CC4)[nH]c(=O)c12. The van der Waals surface area contributed by atoms with Crippen LogP contribution in [0.1, 0.15) is 39.8 Å². The van der Waals surface area contributed by atoms with Gasteiger partial charge in [0.1, 0.15) is 22.0 Å². The molecule has 1 amide bonds. The van der Waals surface area contributed by atoms with Gasteiger partial charge in [0.2, 0.25) is 5.82 Å². The van der Waals surface area contributed by atoms with Gasteiger partial charge in [0.15, 0.2) is 0 Å². The molecule has 2 aromatic heterocycles. The highest BCUT2D eigenvalue weighted by Gasteiger charge is 2.27. The number of hydrogen-bond acceptors (Lipinski definition) is 9. The number of benzene rings is 1. The Kier molecular flexibility index (Phi) is 5.56. The number of nitrogens with one attached hydrogen (secondary N) is 2. The van der Waals surface area contributed by atoms with Crippen LogP contribution < -0.4 is 32.4 Å². The predicted octanol–water partition coefficient (Wildman–Crippen LogP) is 0.787. The summed E-state index contributed by atoms with van der Waals surface area (Å²) in [6.45, 7) is 2.69. The fraction of sp³-hybridized carbons (Fsp3) is 0.250. The molecule has 2 aromatic carbocycles. The van der Waals surface area contributed by atoms with Crippen molar-refractivity contribution in [3.05, 3.63) is 82.5 Å². The summed E-state index contributed by atoms with van der Waals surface area (Å²) < 4.78 is 0. The minimum absolute atomic E-state index is 0.0134. The molecule has 4 aromatic rings. The van der Waals surface area contributed by atoms with Gasteiger partial charge in [-0.25, -0.2) is 4.98 Å². The number of nitrogens with zero attached hydrogens (tertiary/aromatic N) is 2. The number of rotatable bonds is 6. The first-order valence-corrected chi connectivity index (χ1v) is 11.8. The van der Waals surface area contributed by atoms with Crippen LogP contribution in [0.4, 0.5) is 11.4 Å². The van der Waals surface area contributed by atoms with E-state index in [1.807, 2.05) is 23.1 Å². The number of nitrogen functional groups attached to an aromatic ring is 1. The molecule has 0 radical (unpaired) electrons. The standard InChI is InChI=1S/C24H21N5O5S/c1-11(30)6-15-10-35-24-16(15)22(33)27-21(28-24)23(34)26-8-12-2-3-13-4-5-29(9-14(13)7-12)18-17(25)19(31)20(18)32/h2-3,7,10H,4-6,8-9,25H2,1H3,(H,26,34)(H,27,28,33). The zero-order valence-corrected chi connectivity index (χ0v) is 19.6. The fourth-order valence-corrected chi connectivity index (χ4v) is 5.34. The lowest BCUT2D eigenvalue weighted by Crippen LogP contribution is -2.44. The molecule has 0 bridgehead atoms. The largest absolute Gasteiger partial charge is 0.394 e. The second-order valence-electron chi connectivity index (χ2n) is 8.61. The summed E-state index contributed by atoms with van der Waals surface area (Å²) >= 11 is 1.22. The maximum absolute atomic E-state index is 12.7. The average Bonchev–Trinajstić information content (AvgIpc) is 3.24. The minimum atomic E-state index is -0.635. The molecule has 35 heavy (non-hydrogen) atoms. The molecule has 1 aliphatic heterocycles. The third-order valence-electron chi connectivity index (χ3n) is 6.15. The van der Waals surface area contributed by atoms with Gasteiger partial charge in [-0.1, -0.05) is 18.2 Å². The molecular formula is C24H21N5O5S. The van der Waals surface area contributed by atoms with Crippen molar-refractivity contribution in [2.24, 2.45) is 0 Å². The van der Waals surface area contributed by atoms with Crippen molar-refractivity contribution >= 4 is 44.6 Å². The van der Waals surface area contributed by atoms with Gasteiger partial charge in [-0.3, -0.25) is 24.0 Å². The number of aromatic amines is 1. The van der Waals surface area contributed by atoms with E-state index >= 15 is 0 Å². The lowest BCUT2D eigenvalue weighted by atomic mass is 9.96. The normalized spacial score (nSPS) is 13.2. The number of amides is 1. The molecule has 11 heteroatoms. The summed E-state index contributed by atoms with van der Waals surface area (Å²) in [7, 11) is 0.